The van der Waals surface area contributed by atoms with Gasteiger partial charge in [-0.2, -0.15) is 5.10 Å². The normalized spacial score (nSPS) is 10.5. The minimum atomic E-state index is 0.756. The molecule has 0 amide bonds. The molecule has 0 aliphatic carbocycles. The number of hydrogen-bond donors (Lipinski definition) is 1. The van der Waals surface area contributed by atoms with Gasteiger partial charge in [0.25, 0.3) is 0 Å². The summed E-state index contributed by atoms with van der Waals surface area (Å²) in [6.45, 7) is 2.97. The van der Waals surface area contributed by atoms with Gasteiger partial charge in [-0.25, -0.2) is 14.6 Å². The maximum absolute atomic E-state index is 4.37. The molecule has 1 N–H and O–H groups in total. The molecule has 2 heterocycles. The summed E-state index contributed by atoms with van der Waals surface area (Å²) < 4.78 is 1.64. The summed E-state index contributed by atoms with van der Waals surface area (Å²) >= 11 is 0. The molecule has 1 aromatic carbocycles. The number of rotatable bonds is 5. The number of nitrogens with zero attached hydrogens (tertiary/aromatic N) is 4. The quantitative estimate of drug-likeness (QED) is 0.780. The first-order valence-electron chi connectivity index (χ1n) is 6.98. The SMILES string of the molecule is CCc1ccccc1CNc1ccc(-n2cncn2)nc1. The number of nitrogens with one attached hydrogen (secondary N) is 1. The highest BCUT2D eigenvalue weighted by Gasteiger charge is 2.01. The molecule has 3 rings (SSSR count). The van der Waals surface area contributed by atoms with E-state index >= 15 is 0 Å². The van der Waals surface area contributed by atoms with Crippen LogP contribution in [0, 0.1) is 0 Å². The van der Waals surface area contributed by atoms with E-state index in [1.165, 1.54) is 17.5 Å². The van der Waals surface area contributed by atoms with E-state index in [2.05, 4.69) is 51.6 Å². The van der Waals surface area contributed by atoms with Crippen LogP contribution in [0.4, 0.5) is 5.69 Å². The molecule has 3 aromatic rings. The van der Waals surface area contributed by atoms with Gasteiger partial charge in [-0.3, -0.25) is 0 Å². The van der Waals surface area contributed by atoms with Crippen LogP contribution in [0.1, 0.15) is 18.1 Å². The first kappa shape index (κ1) is 13.3. The highest BCUT2D eigenvalue weighted by molar-refractivity contribution is 5.44. The lowest BCUT2D eigenvalue weighted by Crippen LogP contribution is -2.04. The number of benzene rings is 1. The van der Waals surface area contributed by atoms with Crippen molar-refractivity contribution in [2.24, 2.45) is 0 Å². The van der Waals surface area contributed by atoms with Gasteiger partial charge in [-0.15, -0.1) is 0 Å². The Labute approximate surface area is 123 Å². The van der Waals surface area contributed by atoms with Gasteiger partial charge >= 0.3 is 0 Å². The fourth-order valence-electron chi connectivity index (χ4n) is 2.22. The molecular weight excluding hydrogens is 262 g/mol. The highest BCUT2D eigenvalue weighted by atomic mass is 15.3. The van der Waals surface area contributed by atoms with Crippen molar-refractivity contribution < 1.29 is 0 Å². The highest BCUT2D eigenvalue weighted by Crippen LogP contribution is 2.13. The molecule has 5 heteroatoms. The van der Waals surface area contributed by atoms with E-state index in [0.29, 0.717) is 0 Å². The van der Waals surface area contributed by atoms with Crippen molar-refractivity contribution in [2.75, 3.05) is 5.32 Å². The number of anilines is 1. The molecule has 0 bridgehead atoms. The van der Waals surface area contributed by atoms with Gasteiger partial charge < -0.3 is 5.32 Å². The third-order valence-electron chi connectivity index (χ3n) is 3.38. The summed E-state index contributed by atoms with van der Waals surface area (Å²) in [6, 6.07) is 12.4. The van der Waals surface area contributed by atoms with Gasteiger partial charge in [-0.1, -0.05) is 31.2 Å². The lowest BCUT2D eigenvalue weighted by molar-refractivity contribution is 0.845. The van der Waals surface area contributed by atoms with E-state index in [9.17, 15) is 0 Å². The fraction of sp³-hybridized carbons (Fsp3) is 0.188. The van der Waals surface area contributed by atoms with Crippen LogP contribution >= 0.6 is 0 Å². The minimum Gasteiger partial charge on any atom is -0.380 e. The number of aryl methyl sites for hydroxylation is 1. The Hall–Kier alpha value is -2.69. The van der Waals surface area contributed by atoms with E-state index in [-0.39, 0.29) is 0 Å². The largest absolute Gasteiger partial charge is 0.380 e. The van der Waals surface area contributed by atoms with Crippen molar-refractivity contribution in [1.29, 1.82) is 0 Å². The van der Waals surface area contributed by atoms with Crippen LogP contribution in [0.15, 0.2) is 55.2 Å². The van der Waals surface area contributed by atoms with Crippen LogP contribution < -0.4 is 5.32 Å². The molecule has 0 radical (unpaired) electrons. The topological polar surface area (TPSA) is 55.6 Å². The van der Waals surface area contributed by atoms with Crippen LogP contribution in [0.3, 0.4) is 0 Å². The Morgan fingerprint density at radius 1 is 1.10 bits per heavy atom. The number of pyridine rings is 1. The Balaban J connectivity index is 1.68. The first-order chi connectivity index (χ1) is 10.4. The summed E-state index contributed by atoms with van der Waals surface area (Å²) in [5.41, 5.74) is 3.68. The van der Waals surface area contributed by atoms with Crippen LogP contribution in [0.25, 0.3) is 5.82 Å². The van der Waals surface area contributed by atoms with E-state index < -0.39 is 0 Å². The molecule has 0 unspecified atom stereocenters. The van der Waals surface area contributed by atoms with Gasteiger partial charge in [0, 0.05) is 6.54 Å². The third-order valence-corrected chi connectivity index (χ3v) is 3.38. The zero-order valence-electron chi connectivity index (χ0n) is 11.9. The van der Waals surface area contributed by atoms with Crippen molar-refractivity contribution in [2.45, 2.75) is 19.9 Å². The van der Waals surface area contributed by atoms with Gasteiger partial charge in [0.05, 0.1) is 11.9 Å². The Morgan fingerprint density at radius 3 is 2.62 bits per heavy atom. The summed E-state index contributed by atoms with van der Waals surface area (Å²) in [5, 5.41) is 7.46. The zero-order chi connectivity index (χ0) is 14.5. The molecular formula is C16H17N5. The van der Waals surface area contributed by atoms with Gasteiger partial charge in [0.15, 0.2) is 5.82 Å². The van der Waals surface area contributed by atoms with E-state index in [1.807, 2.05) is 18.3 Å². The maximum atomic E-state index is 4.37. The molecule has 0 fully saturated rings. The standard InChI is InChI=1S/C16H17N5/c1-2-13-5-3-4-6-14(13)9-18-15-7-8-16(19-10-15)21-12-17-11-20-21/h3-8,10-12,18H,2,9H2,1H3. The van der Waals surface area contributed by atoms with Crippen LogP contribution in [0.2, 0.25) is 0 Å². The Morgan fingerprint density at radius 2 is 1.95 bits per heavy atom. The third kappa shape index (κ3) is 3.08. The molecule has 21 heavy (non-hydrogen) atoms. The first-order valence-corrected chi connectivity index (χ1v) is 6.98. The van der Waals surface area contributed by atoms with Crippen molar-refractivity contribution in [3.05, 3.63) is 66.4 Å². The summed E-state index contributed by atoms with van der Waals surface area (Å²) in [7, 11) is 0. The van der Waals surface area contributed by atoms with Crippen LogP contribution in [-0.4, -0.2) is 19.7 Å². The van der Waals surface area contributed by atoms with Crippen molar-refractivity contribution >= 4 is 5.69 Å². The second-order valence-electron chi connectivity index (χ2n) is 4.72. The summed E-state index contributed by atoms with van der Waals surface area (Å²) in [4.78, 5) is 8.29. The molecule has 0 atom stereocenters. The molecule has 0 saturated heterocycles. The average Bonchev–Trinajstić information content (AvgIpc) is 3.08. The predicted molar refractivity (Wildman–Crippen MR) is 82.3 cm³/mol. The van der Waals surface area contributed by atoms with Gasteiger partial charge in [-0.05, 0) is 29.7 Å². The smallest absolute Gasteiger partial charge is 0.155 e. The maximum Gasteiger partial charge on any atom is 0.155 e. The summed E-state index contributed by atoms with van der Waals surface area (Å²) in [6.07, 6.45) is 5.98. The molecule has 0 spiro atoms. The lowest BCUT2D eigenvalue weighted by atomic mass is 10.1. The molecule has 106 valence electrons. The van der Waals surface area contributed by atoms with Crippen molar-refractivity contribution in [3.8, 4) is 5.82 Å². The van der Waals surface area contributed by atoms with Crippen LogP contribution in [0.5, 0.6) is 0 Å². The second-order valence-corrected chi connectivity index (χ2v) is 4.72. The second kappa shape index (κ2) is 6.17. The van der Waals surface area contributed by atoms with E-state index in [0.717, 1.165) is 24.5 Å². The predicted octanol–water partition coefficient (Wildman–Crippen LogP) is 2.84. The zero-order valence-corrected chi connectivity index (χ0v) is 11.9. The van der Waals surface area contributed by atoms with Crippen LogP contribution in [-0.2, 0) is 13.0 Å². The Bertz CT molecular complexity index is 689. The minimum absolute atomic E-state index is 0.756. The van der Waals surface area contributed by atoms with Crippen molar-refractivity contribution in [3.63, 3.8) is 0 Å². The van der Waals surface area contributed by atoms with Gasteiger partial charge in [0.1, 0.15) is 12.7 Å². The molecule has 0 aliphatic heterocycles. The fourth-order valence-corrected chi connectivity index (χ4v) is 2.22. The molecule has 2 aromatic heterocycles. The van der Waals surface area contributed by atoms with Gasteiger partial charge in [0.2, 0.25) is 0 Å². The molecule has 0 saturated carbocycles. The van der Waals surface area contributed by atoms with Crippen molar-refractivity contribution in [1.82, 2.24) is 19.7 Å². The molecule has 5 nitrogen and oxygen atoms in total. The van der Waals surface area contributed by atoms with E-state index in [1.54, 1.807) is 11.0 Å². The average molecular weight is 279 g/mol. The monoisotopic (exact) mass is 279 g/mol. The lowest BCUT2D eigenvalue weighted by Gasteiger charge is -2.10. The Kier molecular flexibility index (Phi) is 3.91. The summed E-state index contributed by atoms with van der Waals surface area (Å²) in [5.74, 6) is 0.756. The molecule has 0 aliphatic rings. The number of hydrogen-bond acceptors (Lipinski definition) is 4. The number of aromatic nitrogens is 4. The van der Waals surface area contributed by atoms with E-state index in [4.69, 9.17) is 0 Å².